The van der Waals surface area contributed by atoms with Crippen molar-refractivity contribution >= 4 is 17.6 Å². The second-order valence-electron chi connectivity index (χ2n) is 9.21. The molecule has 2 aromatic carbocycles. The van der Waals surface area contributed by atoms with E-state index in [1.165, 1.54) is 24.8 Å². The van der Waals surface area contributed by atoms with E-state index in [0.717, 1.165) is 37.4 Å². The van der Waals surface area contributed by atoms with E-state index >= 15 is 0 Å². The summed E-state index contributed by atoms with van der Waals surface area (Å²) >= 11 is 0. The molecular weight excluding hydrogens is 428 g/mol. The van der Waals surface area contributed by atoms with E-state index in [4.69, 9.17) is 4.74 Å². The molecule has 2 fully saturated rings. The van der Waals surface area contributed by atoms with E-state index in [0.29, 0.717) is 19.6 Å². The molecule has 0 unspecified atom stereocenters. The molecule has 7 heteroatoms. The zero-order valence-corrected chi connectivity index (χ0v) is 20.0. The van der Waals surface area contributed by atoms with Crippen LogP contribution < -0.4 is 15.4 Å². The van der Waals surface area contributed by atoms with Gasteiger partial charge < -0.3 is 20.3 Å². The molecule has 0 spiro atoms. The predicted molar refractivity (Wildman–Crippen MR) is 134 cm³/mol. The number of nitrogens with one attached hydrogen (secondary N) is 2. The first kappa shape index (κ1) is 24.1. The van der Waals surface area contributed by atoms with Gasteiger partial charge in [-0.2, -0.15) is 0 Å². The van der Waals surface area contributed by atoms with E-state index in [1.807, 2.05) is 42.5 Å². The number of para-hydroxylation sites is 1. The third kappa shape index (κ3) is 6.29. The van der Waals surface area contributed by atoms with Crippen LogP contribution >= 0.6 is 0 Å². The van der Waals surface area contributed by atoms with Gasteiger partial charge in [0.05, 0.1) is 19.1 Å². The van der Waals surface area contributed by atoms with Crippen molar-refractivity contribution in [3.63, 3.8) is 0 Å². The van der Waals surface area contributed by atoms with Crippen molar-refractivity contribution in [3.05, 3.63) is 60.2 Å². The monoisotopic (exact) mass is 464 g/mol. The molecule has 0 aromatic heterocycles. The molecule has 2 N–H and O–H groups in total. The van der Waals surface area contributed by atoms with E-state index in [9.17, 15) is 9.59 Å². The summed E-state index contributed by atoms with van der Waals surface area (Å²) in [5.41, 5.74) is 1.96. The molecule has 34 heavy (non-hydrogen) atoms. The number of urea groups is 1. The number of piperidine rings is 2. The number of hydrogen-bond acceptors (Lipinski definition) is 4. The minimum Gasteiger partial charge on any atom is -0.497 e. The van der Waals surface area contributed by atoms with Crippen LogP contribution in [0.25, 0.3) is 0 Å². The number of methoxy groups -OCH3 is 1. The SMILES string of the molecule is COc1ccc([C@H](CNC(=O)[C@H]2CCCN(C(=O)Nc3ccccc3)C2)N2CCCCC2)cc1. The number of ether oxygens (including phenoxy) is 1. The highest BCUT2D eigenvalue weighted by Gasteiger charge is 2.30. The highest BCUT2D eigenvalue weighted by atomic mass is 16.5. The first-order chi connectivity index (χ1) is 16.6. The molecule has 2 atom stereocenters. The number of carbonyl (C=O) groups is 2. The molecule has 4 rings (SSSR count). The number of rotatable bonds is 7. The van der Waals surface area contributed by atoms with Crippen LogP contribution in [-0.4, -0.2) is 61.6 Å². The van der Waals surface area contributed by atoms with Gasteiger partial charge in [-0.05, 0) is 68.6 Å². The Kier molecular flexibility index (Phi) is 8.41. The van der Waals surface area contributed by atoms with Gasteiger partial charge in [0, 0.05) is 25.3 Å². The molecular formula is C27H36N4O3. The van der Waals surface area contributed by atoms with E-state index in [2.05, 4.69) is 27.7 Å². The summed E-state index contributed by atoms with van der Waals surface area (Å²) in [6.45, 7) is 3.77. The lowest BCUT2D eigenvalue weighted by Crippen LogP contribution is -2.48. The van der Waals surface area contributed by atoms with Crippen LogP contribution in [0.5, 0.6) is 5.75 Å². The van der Waals surface area contributed by atoms with E-state index < -0.39 is 0 Å². The van der Waals surface area contributed by atoms with Crippen LogP contribution in [0.4, 0.5) is 10.5 Å². The summed E-state index contributed by atoms with van der Waals surface area (Å²) in [6, 6.07) is 17.6. The molecule has 0 aliphatic carbocycles. The minimum absolute atomic E-state index is 0.0349. The van der Waals surface area contributed by atoms with E-state index in [-0.39, 0.29) is 23.9 Å². The van der Waals surface area contributed by atoms with Crippen LogP contribution in [0.1, 0.15) is 43.7 Å². The zero-order valence-electron chi connectivity index (χ0n) is 20.0. The number of likely N-dealkylation sites (tertiary alicyclic amines) is 2. The number of benzene rings is 2. The number of nitrogens with zero attached hydrogens (tertiary/aromatic N) is 2. The summed E-state index contributed by atoms with van der Waals surface area (Å²) < 4.78 is 5.32. The quantitative estimate of drug-likeness (QED) is 0.641. The number of hydrogen-bond donors (Lipinski definition) is 2. The van der Waals surface area contributed by atoms with Gasteiger partial charge in [0.15, 0.2) is 0 Å². The second-order valence-corrected chi connectivity index (χ2v) is 9.21. The second kappa shape index (κ2) is 11.9. The number of amides is 3. The Labute approximate surface area is 202 Å². The standard InChI is InChI=1S/C27H36N4O3/c1-34-24-14-12-21(13-15-24)25(30-16-6-3-7-17-30)19-28-26(32)22-9-8-18-31(20-22)27(33)29-23-10-4-2-5-11-23/h2,4-5,10-15,22,25H,3,6-9,16-20H2,1H3,(H,28,32)(H,29,33)/t22-,25-/m0/s1. The molecule has 2 aliphatic heterocycles. The Bertz CT molecular complexity index is 929. The minimum atomic E-state index is -0.187. The Hall–Kier alpha value is -3.06. The lowest BCUT2D eigenvalue weighted by molar-refractivity contribution is -0.126. The average molecular weight is 465 g/mol. The van der Waals surface area contributed by atoms with Gasteiger partial charge in [-0.3, -0.25) is 9.69 Å². The largest absolute Gasteiger partial charge is 0.497 e. The molecule has 0 saturated carbocycles. The molecule has 2 aromatic rings. The molecule has 3 amide bonds. The maximum Gasteiger partial charge on any atom is 0.321 e. The van der Waals surface area contributed by atoms with Crippen LogP contribution in [0, 0.1) is 5.92 Å². The van der Waals surface area contributed by atoms with E-state index in [1.54, 1.807) is 12.0 Å². The van der Waals surface area contributed by atoms with Gasteiger partial charge in [-0.15, -0.1) is 0 Å². The smallest absolute Gasteiger partial charge is 0.321 e. The van der Waals surface area contributed by atoms with Gasteiger partial charge >= 0.3 is 6.03 Å². The Morgan fingerprint density at radius 3 is 2.41 bits per heavy atom. The van der Waals surface area contributed by atoms with Gasteiger partial charge in [-0.1, -0.05) is 36.8 Å². The van der Waals surface area contributed by atoms with Gasteiger partial charge in [0.2, 0.25) is 5.91 Å². The van der Waals surface area contributed by atoms with Crippen molar-refractivity contribution in [2.45, 2.75) is 38.1 Å². The predicted octanol–water partition coefficient (Wildman–Crippen LogP) is 4.28. The fraction of sp³-hybridized carbons (Fsp3) is 0.481. The summed E-state index contributed by atoms with van der Waals surface area (Å²) in [6.07, 6.45) is 5.27. The summed E-state index contributed by atoms with van der Waals surface area (Å²) in [4.78, 5) is 30.1. The summed E-state index contributed by atoms with van der Waals surface area (Å²) in [5, 5.41) is 6.15. The van der Waals surface area contributed by atoms with Gasteiger partial charge in [0.25, 0.3) is 0 Å². The third-order valence-corrected chi connectivity index (χ3v) is 6.91. The fourth-order valence-corrected chi connectivity index (χ4v) is 4.96. The number of carbonyl (C=O) groups excluding carboxylic acids is 2. The van der Waals surface area contributed by atoms with Crippen molar-refractivity contribution < 1.29 is 14.3 Å². The lowest BCUT2D eigenvalue weighted by atomic mass is 9.96. The molecule has 0 bridgehead atoms. The molecule has 2 heterocycles. The van der Waals surface area contributed by atoms with Gasteiger partial charge in [-0.25, -0.2) is 4.79 Å². The third-order valence-electron chi connectivity index (χ3n) is 6.91. The van der Waals surface area contributed by atoms with Gasteiger partial charge in [0.1, 0.15) is 5.75 Å². The Balaban J connectivity index is 1.36. The summed E-state index contributed by atoms with van der Waals surface area (Å²) in [5.74, 6) is 0.683. The van der Waals surface area contributed by atoms with Crippen LogP contribution in [0.15, 0.2) is 54.6 Å². The van der Waals surface area contributed by atoms with Crippen molar-refractivity contribution in [3.8, 4) is 5.75 Å². The summed E-state index contributed by atoms with van der Waals surface area (Å²) in [7, 11) is 1.67. The molecule has 0 radical (unpaired) electrons. The highest BCUT2D eigenvalue weighted by Crippen LogP contribution is 2.26. The Morgan fingerprint density at radius 1 is 0.971 bits per heavy atom. The zero-order chi connectivity index (χ0) is 23.8. The maximum atomic E-state index is 13.1. The molecule has 182 valence electrons. The van der Waals surface area contributed by atoms with Crippen LogP contribution in [0.2, 0.25) is 0 Å². The van der Waals surface area contributed by atoms with Crippen LogP contribution in [0.3, 0.4) is 0 Å². The first-order valence-corrected chi connectivity index (χ1v) is 12.4. The van der Waals surface area contributed by atoms with Crippen molar-refractivity contribution in [1.82, 2.24) is 15.1 Å². The van der Waals surface area contributed by atoms with Crippen molar-refractivity contribution in [1.29, 1.82) is 0 Å². The average Bonchev–Trinajstić information content (AvgIpc) is 2.90. The molecule has 7 nitrogen and oxygen atoms in total. The fourth-order valence-electron chi connectivity index (χ4n) is 4.96. The van der Waals surface area contributed by atoms with Crippen molar-refractivity contribution in [2.24, 2.45) is 5.92 Å². The maximum absolute atomic E-state index is 13.1. The molecule has 2 aliphatic rings. The lowest BCUT2D eigenvalue weighted by Gasteiger charge is -2.36. The highest BCUT2D eigenvalue weighted by molar-refractivity contribution is 5.90. The Morgan fingerprint density at radius 2 is 1.71 bits per heavy atom. The van der Waals surface area contributed by atoms with Crippen molar-refractivity contribution in [2.75, 3.05) is 45.2 Å². The van der Waals surface area contributed by atoms with Crippen LogP contribution in [-0.2, 0) is 4.79 Å². The number of anilines is 1. The normalized spacial score (nSPS) is 19.8. The first-order valence-electron chi connectivity index (χ1n) is 12.4. The topological polar surface area (TPSA) is 73.9 Å². The molecule has 2 saturated heterocycles.